The molecule has 2 heterocycles. The molecule has 10 heteroatoms. The summed E-state index contributed by atoms with van der Waals surface area (Å²) in [5.41, 5.74) is -1.19. The first-order chi connectivity index (χ1) is 14.3. The van der Waals surface area contributed by atoms with Crippen LogP contribution in [0.5, 0.6) is 5.75 Å². The molecule has 7 nitrogen and oxygen atoms in total. The summed E-state index contributed by atoms with van der Waals surface area (Å²) >= 11 is 6.32. The number of aromatic nitrogens is 4. The third kappa shape index (κ3) is 4.52. The summed E-state index contributed by atoms with van der Waals surface area (Å²) < 4.78 is 37.6. The fraction of sp³-hybridized carbons (Fsp3) is 0.350. The maximum Gasteiger partial charge on any atom is 0.296 e. The van der Waals surface area contributed by atoms with Crippen LogP contribution in [0.25, 0.3) is 17.1 Å². The van der Waals surface area contributed by atoms with E-state index in [0.29, 0.717) is 6.42 Å². The van der Waals surface area contributed by atoms with Crippen LogP contribution in [0.4, 0.5) is 8.78 Å². The van der Waals surface area contributed by atoms with E-state index in [4.69, 9.17) is 21.4 Å². The third-order valence-corrected chi connectivity index (χ3v) is 4.46. The fourth-order valence-corrected chi connectivity index (χ4v) is 3.24. The largest absolute Gasteiger partial charge is 0.493 e. The van der Waals surface area contributed by atoms with Crippen molar-refractivity contribution in [1.29, 1.82) is 0 Å². The van der Waals surface area contributed by atoms with Crippen molar-refractivity contribution in [1.82, 2.24) is 19.3 Å². The average molecular weight is 439 g/mol. The van der Waals surface area contributed by atoms with Gasteiger partial charge in [-0.3, -0.25) is 4.79 Å². The minimum absolute atomic E-state index is 0.0161. The maximum atomic E-state index is 14.9. The number of halogens is 3. The molecule has 0 radical (unpaired) electrons. The maximum absolute atomic E-state index is 14.9. The molecule has 0 aliphatic carbocycles. The number of hydrogen-bond donors (Lipinski definition) is 1. The Hall–Kier alpha value is -2.78. The molecule has 0 fully saturated rings. The van der Waals surface area contributed by atoms with Crippen molar-refractivity contribution < 1.29 is 18.6 Å². The Kier molecular flexibility index (Phi) is 6.84. The summed E-state index contributed by atoms with van der Waals surface area (Å²) in [5, 5.41) is 12.6. The van der Waals surface area contributed by atoms with Crippen LogP contribution in [0.1, 0.15) is 20.3 Å². The molecule has 1 N–H and O–H groups in total. The zero-order chi connectivity index (χ0) is 21.8. The van der Waals surface area contributed by atoms with Crippen LogP contribution < -0.4 is 10.3 Å². The number of hydrogen-bond acceptors (Lipinski definition) is 5. The summed E-state index contributed by atoms with van der Waals surface area (Å²) in [6, 6.07) is 3.64. The quantitative estimate of drug-likeness (QED) is 0.545. The van der Waals surface area contributed by atoms with E-state index in [1.165, 1.54) is 21.6 Å². The summed E-state index contributed by atoms with van der Waals surface area (Å²) in [6.07, 6.45) is 3.33. The molecular weight excluding hydrogens is 418 g/mol. The van der Waals surface area contributed by atoms with Gasteiger partial charge in [0.2, 0.25) is 5.82 Å². The Bertz CT molecular complexity index is 1060. The van der Waals surface area contributed by atoms with Crippen LogP contribution in [0.2, 0.25) is 5.15 Å². The third-order valence-electron chi connectivity index (χ3n) is 4.20. The van der Waals surface area contributed by atoms with Gasteiger partial charge in [-0.15, -0.1) is 0 Å². The van der Waals surface area contributed by atoms with Gasteiger partial charge < -0.3 is 14.4 Å². The predicted molar refractivity (Wildman–Crippen MR) is 108 cm³/mol. The predicted octanol–water partition coefficient (Wildman–Crippen LogP) is 3.44. The minimum Gasteiger partial charge on any atom is -0.493 e. The molecule has 0 aliphatic heterocycles. The number of ether oxygens (including phenoxy) is 1. The van der Waals surface area contributed by atoms with Crippen molar-refractivity contribution in [3.8, 4) is 22.8 Å². The first-order valence-electron chi connectivity index (χ1n) is 9.37. The lowest BCUT2D eigenvalue weighted by molar-refractivity contribution is 0.233. The molecule has 3 aromatic rings. The van der Waals surface area contributed by atoms with Crippen LogP contribution in [0, 0.1) is 17.6 Å². The highest BCUT2D eigenvalue weighted by molar-refractivity contribution is 6.31. The summed E-state index contributed by atoms with van der Waals surface area (Å²) in [5.74, 6) is -2.00. The van der Waals surface area contributed by atoms with Gasteiger partial charge in [0.15, 0.2) is 5.15 Å². The van der Waals surface area contributed by atoms with Gasteiger partial charge in [0.25, 0.3) is 5.56 Å². The number of nitrogens with zero attached hydrogens (tertiary/aromatic N) is 4. The fourth-order valence-electron chi connectivity index (χ4n) is 2.96. The van der Waals surface area contributed by atoms with E-state index in [9.17, 15) is 13.6 Å². The summed E-state index contributed by atoms with van der Waals surface area (Å²) in [6.45, 7) is 3.90. The Morgan fingerprint density at radius 1 is 1.27 bits per heavy atom. The lowest BCUT2D eigenvalue weighted by atomic mass is 10.1. The van der Waals surface area contributed by atoms with Crippen molar-refractivity contribution in [2.75, 3.05) is 13.2 Å². The Morgan fingerprint density at radius 3 is 2.53 bits per heavy atom. The van der Waals surface area contributed by atoms with Gasteiger partial charge in [0, 0.05) is 44.1 Å². The number of rotatable bonds is 8. The summed E-state index contributed by atoms with van der Waals surface area (Å²) in [4.78, 5) is 17.2. The van der Waals surface area contributed by atoms with E-state index in [2.05, 4.69) is 10.1 Å². The second-order valence-corrected chi connectivity index (χ2v) is 7.38. The Morgan fingerprint density at radius 2 is 1.97 bits per heavy atom. The monoisotopic (exact) mass is 438 g/mol. The van der Waals surface area contributed by atoms with Crippen molar-refractivity contribution in [2.45, 2.75) is 26.8 Å². The minimum atomic E-state index is -0.943. The first kappa shape index (κ1) is 21.9. The van der Waals surface area contributed by atoms with E-state index in [1.807, 2.05) is 13.8 Å². The first-order valence-corrected chi connectivity index (χ1v) is 9.74. The van der Waals surface area contributed by atoms with Crippen molar-refractivity contribution in [3.63, 3.8) is 0 Å². The molecule has 0 bridgehead atoms. The molecule has 0 unspecified atom stereocenters. The van der Waals surface area contributed by atoms with Crippen LogP contribution >= 0.6 is 11.6 Å². The lowest BCUT2D eigenvalue weighted by Gasteiger charge is -2.19. The molecule has 0 amide bonds. The topological polar surface area (TPSA) is 82.2 Å². The zero-order valence-corrected chi connectivity index (χ0v) is 17.2. The highest BCUT2D eigenvalue weighted by Crippen LogP contribution is 2.33. The standard InChI is InChI=1S/C20H21ClF2N4O3/c1-12(2)11-26-17(18(21)25-19(20(26)29)27-6-3-5-24-27)16-14(22)9-13(10-15(16)23)30-8-4-7-28/h3,5-6,9-10,12,28H,4,7-8,11H2,1-2H3. The second-order valence-electron chi connectivity index (χ2n) is 7.02. The highest BCUT2D eigenvalue weighted by Gasteiger charge is 2.25. The van der Waals surface area contributed by atoms with E-state index in [-0.39, 0.29) is 48.1 Å². The second kappa shape index (κ2) is 9.36. The van der Waals surface area contributed by atoms with Crippen LogP contribution in [-0.2, 0) is 6.54 Å². The Balaban J connectivity index is 2.18. The molecule has 0 atom stereocenters. The smallest absolute Gasteiger partial charge is 0.296 e. The normalized spacial score (nSPS) is 11.3. The van der Waals surface area contributed by atoms with Crippen LogP contribution in [0.3, 0.4) is 0 Å². The molecule has 3 rings (SSSR count). The van der Waals surface area contributed by atoms with Gasteiger partial charge in [-0.25, -0.2) is 18.4 Å². The highest BCUT2D eigenvalue weighted by atomic mass is 35.5. The summed E-state index contributed by atoms with van der Waals surface area (Å²) in [7, 11) is 0. The molecule has 1 aromatic carbocycles. The Labute approximate surface area is 176 Å². The van der Waals surface area contributed by atoms with Gasteiger partial charge in [-0.05, 0) is 12.0 Å². The molecule has 0 saturated carbocycles. The molecule has 160 valence electrons. The molecule has 0 aliphatic rings. The van der Waals surface area contributed by atoms with E-state index in [0.717, 1.165) is 12.1 Å². The van der Waals surface area contributed by atoms with Crippen molar-refractivity contribution >= 4 is 11.6 Å². The van der Waals surface area contributed by atoms with Gasteiger partial charge in [-0.2, -0.15) is 5.10 Å². The number of aliphatic hydroxyl groups is 1. The SMILES string of the molecule is CC(C)Cn1c(-c2c(F)cc(OCCCO)cc2F)c(Cl)nc(-n2cccn2)c1=O. The van der Waals surface area contributed by atoms with Crippen molar-refractivity contribution in [2.24, 2.45) is 5.92 Å². The zero-order valence-electron chi connectivity index (χ0n) is 16.5. The van der Waals surface area contributed by atoms with E-state index in [1.54, 1.807) is 6.07 Å². The van der Waals surface area contributed by atoms with Gasteiger partial charge in [0.05, 0.1) is 17.9 Å². The average Bonchev–Trinajstić information content (AvgIpc) is 3.20. The van der Waals surface area contributed by atoms with Crippen LogP contribution in [-0.4, -0.2) is 37.7 Å². The van der Waals surface area contributed by atoms with Gasteiger partial charge in [-0.1, -0.05) is 25.4 Å². The van der Waals surface area contributed by atoms with Crippen molar-refractivity contribution in [3.05, 3.63) is 57.7 Å². The van der Waals surface area contributed by atoms with Gasteiger partial charge in [0.1, 0.15) is 17.4 Å². The molecular formula is C20H21ClF2N4O3. The molecule has 2 aromatic heterocycles. The van der Waals surface area contributed by atoms with E-state index < -0.39 is 22.8 Å². The number of aliphatic hydroxyl groups excluding tert-OH is 1. The number of benzene rings is 1. The lowest BCUT2D eigenvalue weighted by Crippen LogP contribution is -2.30. The van der Waals surface area contributed by atoms with Crippen LogP contribution in [0.15, 0.2) is 35.4 Å². The molecule has 0 spiro atoms. The van der Waals surface area contributed by atoms with Gasteiger partial charge >= 0.3 is 0 Å². The molecule has 30 heavy (non-hydrogen) atoms. The molecule has 0 saturated heterocycles. The van der Waals surface area contributed by atoms with E-state index >= 15 is 0 Å².